The smallest absolute Gasteiger partial charge is 0.123 e. The highest BCUT2D eigenvalue weighted by Crippen LogP contribution is 2.30. The molecule has 0 amide bonds. The van der Waals surface area contributed by atoms with Gasteiger partial charge in [-0.3, -0.25) is 0 Å². The summed E-state index contributed by atoms with van der Waals surface area (Å²) in [5.41, 5.74) is 1.36. The summed E-state index contributed by atoms with van der Waals surface area (Å²) in [6.45, 7) is 2.26. The van der Waals surface area contributed by atoms with Crippen LogP contribution in [0.15, 0.2) is 24.3 Å². The fourth-order valence-electron chi connectivity index (χ4n) is 2.74. The van der Waals surface area contributed by atoms with Gasteiger partial charge in [-0.05, 0) is 25.1 Å². The van der Waals surface area contributed by atoms with Gasteiger partial charge in [0.2, 0.25) is 0 Å². The minimum atomic E-state index is 0.314. The quantitative estimate of drug-likeness (QED) is 0.744. The van der Waals surface area contributed by atoms with Crippen LogP contribution in [0, 0.1) is 0 Å². The second-order valence-corrected chi connectivity index (χ2v) is 5.21. The van der Waals surface area contributed by atoms with E-state index >= 15 is 0 Å². The molecule has 0 saturated heterocycles. The molecule has 2 unspecified atom stereocenters. The van der Waals surface area contributed by atoms with Crippen molar-refractivity contribution in [2.45, 2.75) is 57.6 Å². The molecule has 1 N–H and O–H groups in total. The summed E-state index contributed by atoms with van der Waals surface area (Å²) < 4.78 is 6.05. The highest BCUT2D eigenvalue weighted by atomic mass is 16.5. The van der Waals surface area contributed by atoms with Crippen molar-refractivity contribution in [3.8, 4) is 5.75 Å². The Morgan fingerprint density at radius 2 is 2.11 bits per heavy atom. The Balaban J connectivity index is 1.84. The lowest BCUT2D eigenvalue weighted by Crippen LogP contribution is -2.40. The summed E-state index contributed by atoms with van der Waals surface area (Å²) in [5.74, 6) is 1.08. The normalized spacial score (nSPS) is 19.3. The Kier molecular flexibility index (Phi) is 5.06. The van der Waals surface area contributed by atoms with E-state index in [0.717, 1.165) is 12.2 Å². The standard InChI is InChI=1S/C16H25NO/c1-3-4-5-6-10-14(17-2)16-12-13-9-7-8-11-15(13)18-16/h7-9,11,14,16-17H,3-6,10,12H2,1-2H3. The summed E-state index contributed by atoms with van der Waals surface area (Å²) in [6, 6.07) is 8.89. The molecule has 100 valence electrons. The van der Waals surface area contributed by atoms with Gasteiger partial charge in [-0.25, -0.2) is 0 Å². The van der Waals surface area contributed by atoms with Gasteiger partial charge in [-0.15, -0.1) is 0 Å². The maximum absolute atomic E-state index is 6.05. The van der Waals surface area contributed by atoms with E-state index in [-0.39, 0.29) is 0 Å². The van der Waals surface area contributed by atoms with Gasteiger partial charge < -0.3 is 10.1 Å². The molecule has 18 heavy (non-hydrogen) atoms. The molecule has 0 bridgehead atoms. The van der Waals surface area contributed by atoms with Crippen LogP contribution in [0.25, 0.3) is 0 Å². The number of benzene rings is 1. The second kappa shape index (κ2) is 6.79. The maximum atomic E-state index is 6.05. The van der Waals surface area contributed by atoms with Crippen molar-refractivity contribution in [2.24, 2.45) is 0 Å². The van der Waals surface area contributed by atoms with E-state index in [4.69, 9.17) is 4.74 Å². The van der Waals surface area contributed by atoms with E-state index in [2.05, 4.69) is 43.6 Å². The van der Waals surface area contributed by atoms with Crippen molar-refractivity contribution < 1.29 is 4.74 Å². The van der Waals surface area contributed by atoms with Gasteiger partial charge in [0, 0.05) is 12.5 Å². The van der Waals surface area contributed by atoms with Crippen molar-refractivity contribution in [1.82, 2.24) is 5.32 Å². The molecule has 1 heterocycles. The third-order valence-corrected chi connectivity index (χ3v) is 3.86. The average Bonchev–Trinajstić information content (AvgIpc) is 2.82. The Bertz CT molecular complexity index is 339. The molecule has 0 aromatic heterocycles. The molecule has 0 saturated carbocycles. The summed E-state index contributed by atoms with van der Waals surface area (Å²) >= 11 is 0. The van der Waals surface area contributed by atoms with E-state index in [0.29, 0.717) is 12.1 Å². The number of ether oxygens (including phenoxy) is 1. The molecule has 1 aliphatic rings. The third kappa shape index (κ3) is 3.26. The predicted octanol–water partition coefficient (Wildman–Crippen LogP) is 3.55. The zero-order chi connectivity index (χ0) is 12.8. The number of hydrogen-bond acceptors (Lipinski definition) is 2. The zero-order valence-electron chi connectivity index (χ0n) is 11.6. The predicted molar refractivity (Wildman–Crippen MR) is 76.2 cm³/mol. The van der Waals surface area contributed by atoms with E-state index < -0.39 is 0 Å². The molecule has 0 aliphatic carbocycles. The van der Waals surface area contributed by atoms with Crippen molar-refractivity contribution in [3.05, 3.63) is 29.8 Å². The second-order valence-electron chi connectivity index (χ2n) is 5.21. The first-order chi connectivity index (χ1) is 8.85. The molecule has 0 spiro atoms. The van der Waals surface area contributed by atoms with Crippen LogP contribution in [0.3, 0.4) is 0 Å². The lowest BCUT2D eigenvalue weighted by atomic mass is 9.99. The number of nitrogens with one attached hydrogen (secondary N) is 1. The van der Waals surface area contributed by atoms with E-state index in [1.165, 1.54) is 37.7 Å². The topological polar surface area (TPSA) is 21.3 Å². The summed E-state index contributed by atoms with van der Waals surface area (Å²) in [7, 11) is 2.05. The highest BCUT2D eigenvalue weighted by Gasteiger charge is 2.28. The Morgan fingerprint density at radius 3 is 2.83 bits per heavy atom. The van der Waals surface area contributed by atoms with Gasteiger partial charge in [0.05, 0.1) is 0 Å². The van der Waals surface area contributed by atoms with Gasteiger partial charge >= 0.3 is 0 Å². The monoisotopic (exact) mass is 247 g/mol. The third-order valence-electron chi connectivity index (χ3n) is 3.86. The Morgan fingerprint density at radius 1 is 1.28 bits per heavy atom. The molecule has 1 aromatic rings. The van der Waals surface area contributed by atoms with Crippen LogP contribution in [0.1, 0.15) is 44.6 Å². The molecule has 1 aromatic carbocycles. The Hall–Kier alpha value is -1.02. The number of para-hydroxylation sites is 1. The largest absolute Gasteiger partial charge is 0.488 e. The molecule has 1 aliphatic heterocycles. The highest BCUT2D eigenvalue weighted by molar-refractivity contribution is 5.37. The molecular formula is C16H25NO. The fourth-order valence-corrected chi connectivity index (χ4v) is 2.74. The number of fused-ring (bicyclic) bond motifs is 1. The van der Waals surface area contributed by atoms with Gasteiger partial charge in [0.25, 0.3) is 0 Å². The zero-order valence-corrected chi connectivity index (χ0v) is 11.6. The van der Waals surface area contributed by atoms with Crippen LogP contribution in [0.5, 0.6) is 5.75 Å². The Labute approximate surface area is 111 Å². The van der Waals surface area contributed by atoms with E-state index in [1.54, 1.807) is 0 Å². The van der Waals surface area contributed by atoms with Crippen LogP contribution in [-0.2, 0) is 6.42 Å². The molecule has 2 heteroatoms. The molecular weight excluding hydrogens is 222 g/mol. The minimum Gasteiger partial charge on any atom is -0.488 e. The first kappa shape index (κ1) is 13.4. The van der Waals surface area contributed by atoms with Gasteiger partial charge in [-0.1, -0.05) is 50.8 Å². The van der Waals surface area contributed by atoms with Gasteiger partial charge in [0.1, 0.15) is 11.9 Å². The van der Waals surface area contributed by atoms with Crippen molar-refractivity contribution in [1.29, 1.82) is 0 Å². The van der Waals surface area contributed by atoms with Crippen LogP contribution >= 0.6 is 0 Å². The number of rotatable bonds is 7. The van der Waals surface area contributed by atoms with Crippen molar-refractivity contribution >= 4 is 0 Å². The van der Waals surface area contributed by atoms with Crippen molar-refractivity contribution in [3.63, 3.8) is 0 Å². The van der Waals surface area contributed by atoms with Crippen LogP contribution in [0.4, 0.5) is 0 Å². The van der Waals surface area contributed by atoms with Crippen LogP contribution in [-0.4, -0.2) is 19.2 Å². The summed E-state index contributed by atoms with van der Waals surface area (Å²) in [4.78, 5) is 0. The molecule has 2 nitrogen and oxygen atoms in total. The summed E-state index contributed by atoms with van der Waals surface area (Å²) in [5, 5.41) is 3.43. The van der Waals surface area contributed by atoms with Crippen LogP contribution < -0.4 is 10.1 Å². The molecule has 0 radical (unpaired) electrons. The van der Waals surface area contributed by atoms with E-state index in [1.807, 2.05) is 0 Å². The minimum absolute atomic E-state index is 0.314. The van der Waals surface area contributed by atoms with E-state index in [9.17, 15) is 0 Å². The van der Waals surface area contributed by atoms with Gasteiger partial charge in [0.15, 0.2) is 0 Å². The summed E-state index contributed by atoms with van der Waals surface area (Å²) in [6.07, 6.45) is 7.88. The number of hydrogen-bond donors (Lipinski definition) is 1. The average molecular weight is 247 g/mol. The first-order valence-electron chi connectivity index (χ1n) is 7.27. The van der Waals surface area contributed by atoms with Crippen molar-refractivity contribution in [2.75, 3.05) is 7.05 Å². The lowest BCUT2D eigenvalue weighted by Gasteiger charge is -2.22. The maximum Gasteiger partial charge on any atom is 0.123 e. The fraction of sp³-hybridized carbons (Fsp3) is 0.625. The number of likely N-dealkylation sites (N-methyl/N-ethyl adjacent to an activating group) is 1. The lowest BCUT2D eigenvalue weighted by molar-refractivity contribution is 0.175. The van der Waals surface area contributed by atoms with Gasteiger partial charge in [-0.2, -0.15) is 0 Å². The van der Waals surface area contributed by atoms with Crippen LogP contribution in [0.2, 0.25) is 0 Å². The number of unbranched alkanes of at least 4 members (excludes halogenated alkanes) is 3. The molecule has 2 atom stereocenters. The molecule has 0 fully saturated rings. The molecule has 2 rings (SSSR count). The SMILES string of the molecule is CCCCCCC(NC)C1Cc2ccccc2O1. The first-order valence-corrected chi connectivity index (χ1v) is 7.27.